The number of piperidine rings is 1. The van der Waals surface area contributed by atoms with Gasteiger partial charge in [0, 0.05) is 19.3 Å². The molecule has 2 aliphatic carbocycles. The number of carbonyl (C=O) groups excluding carboxylic acids is 1. The van der Waals surface area contributed by atoms with E-state index in [1.165, 1.54) is 17.3 Å². The van der Waals surface area contributed by atoms with Gasteiger partial charge in [0.1, 0.15) is 18.2 Å². The van der Waals surface area contributed by atoms with Crippen LogP contribution in [-0.4, -0.2) is 41.7 Å². The Morgan fingerprint density at radius 2 is 1.96 bits per heavy atom. The zero-order chi connectivity index (χ0) is 17.1. The Morgan fingerprint density at radius 3 is 2.52 bits per heavy atom. The van der Waals surface area contributed by atoms with Crippen LogP contribution in [0.15, 0.2) is 36.9 Å². The molecule has 1 aliphatic heterocycles. The quantitative estimate of drug-likeness (QED) is 0.420. The number of nitrogens with zero attached hydrogens (tertiary/aromatic N) is 1. The third-order valence-corrected chi connectivity index (χ3v) is 7.40. The smallest absolute Gasteiger partial charge is 0.338 e. The van der Waals surface area contributed by atoms with Crippen molar-refractivity contribution in [3.63, 3.8) is 0 Å². The maximum absolute atomic E-state index is 12.5. The summed E-state index contributed by atoms with van der Waals surface area (Å²) in [6, 6.07) is 11.7. The molecule has 2 unspecified atom stereocenters. The van der Waals surface area contributed by atoms with E-state index in [9.17, 15) is 4.79 Å². The van der Waals surface area contributed by atoms with Crippen LogP contribution < -0.4 is 17.0 Å². The second kappa shape index (κ2) is 6.24. The molecule has 25 heavy (non-hydrogen) atoms. The number of esters is 1. The third kappa shape index (κ3) is 2.44. The van der Waals surface area contributed by atoms with Gasteiger partial charge in [0.05, 0.1) is 24.1 Å². The molecule has 0 aromatic heterocycles. The van der Waals surface area contributed by atoms with E-state index in [2.05, 4.69) is 27.5 Å². The molecule has 3 aliphatic rings. The van der Waals surface area contributed by atoms with Gasteiger partial charge in [-0.05, 0) is 25.8 Å². The highest BCUT2D eigenvalue weighted by molar-refractivity contribution is 6.15. The first-order valence-electron chi connectivity index (χ1n) is 9.20. The molecular weight excluding hydrogens is 378 g/mol. The molecule has 4 rings (SSSR count). The summed E-state index contributed by atoms with van der Waals surface area (Å²) >= 11 is 0. The minimum atomic E-state index is -0.251. The average Bonchev–Trinajstić information content (AvgIpc) is 2.93. The van der Waals surface area contributed by atoms with Crippen molar-refractivity contribution in [2.75, 3.05) is 7.05 Å². The fourth-order valence-corrected chi connectivity index (χ4v) is 5.94. The minimum absolute atomic E-state index is 0. The first-order valence-corrected chi connectivity index (χ1v) is 9.20. The average molecular weight is 406 g/mol. The van der Waals surface area contributed by atoms with Crippen LogP contribution in [0.4, 0.5) is 0 Å². The summed E-state index contributed by atoms with van der Waals surface area (Å²) in [5.41, 5.74) is 1.78. The third-order valence-electron chi connectivity index (χ3n) is 7.40. The monoisotopic (exact) mass is 405 g/mol. The highest BCUT2D eigenvalue weighted by Crippen LogP contribution is 2.69. The number of carbonyl (C=O) groups is 1. The Morgan fingerprint density at radius 1 is 1.28 bits per heavy atom. The van der Waals surface area contributed by atoms with E-state index in [0.717, 1.165) is 24.4 Å². The second-order valence-electron chi connectivity index (χ2n) is 8.43. The number of halogens is 1. The summed E-state index contributed by atoms with van der Waals surface area (Å²) in [6.07, 6.45) is 4.78. The number of hydrogen-bond acceptors (Lipinski definition) is 2. The van der Waals surface area contributed by atoms with Gasteiger partial charge in [0.2, 0.25) is 0 Å². The zero-order valence-corrected chi connectivity index (χ0v) is 17.0. The molecule has 0 bridgehead atoms. The second-order valence-corrected chi connectivity index (χ2v) is 8.43. The lowest BCUT2D eigenvalue weighted by molar-refractivity contribution is -1.05. The molecule has 0 N–H and O–H groups in total. The van der Waals surface area contributed by atoms with Crippen molar-refractivity contribution in [2.24, 2.45) is 5.41 Å². The van der Waals surface area contributed by atoms with Gasteiger partial charge < -0.3 is 26.2 Å². The molecule has 1 spiro atoms. The van der Waals surface area contributed by atoms with Crippen molar-refractivity contribution < 1.29 is 31.0 Å². The summed E-state index contributed by atoms with van der Waals surface area (Å²) < 4.78 is 7.05. The van der Waals surface area contributed by atoms with E-state index < -0.39 is 0 Å². The molecule has 4 heteroatoms. The molecule has 1 saturated heterocycles. The van der Waals surface area contributed by atoms with E-state index in [4.69, 9.17) is 4.74 Å². The van der Waals surface area contributed by atoms with Crippen molar-refractivity contribution in [1.29, 1.82) is 0 Å². The van der Waals surface area contributed by atoms with Gasteiger partial charge in [0.25, 0.3) is 0 Å². The van der Waals surface area contributed by atoms with Crippen molar-refractivity contribution in [3.8, 4) is 0 Å². The van der Waals surface area contributed by atoms with Gasteiger partial charge in [-0.3, -0.25) is 0 Å². The van der Waals surface area contributed by atoms with Crippen molar-refractivity contribution in [3.05, 3.63) is 42.5 Å². The van der Waals surface area contributed by atoms with Crippen LogP contribution in [0, 0.1) is 5.41 Å². The molecule has 2 saturated carbocycles. The number of rotatable bonds is 4. The van der Waals surface area contributed by atoms with Gasteiger partial charge in [-0.15, -0.1) is 0 Å². The summed E-state index contributed by atoms with van der Waals surface area (Å²) in [4.78, 5) is 12.5. The van der Waals surface area contributed by atoms with E-state index in [-0.39, 0.29) is 29.1 Å². The van der Waals surface area contributed by atoms with Crippen LogP contribution in [0.2, 0.25) is 0 Å². The molecule has 3 nitrogen and oxygen atoms in total. The summed E-state index contributed by atoms with van der Waals surface area (Å²) in [5.74, 6) is -0.251. The molecule has 0 amide bonds. The number of ether oxygens (including phenoxy) is 1. The van der Waals surface area contributed by atoms with Crippen LogP contribution in [0.3, 0.4) is 0 Å². The molecule has 3 fully saturated rings. The Bertz CT molecular complexity index is 688. The van der Waals surface area contributed by atoms with Crippen LogP contribution in [0.25, 0.3) is 5.57 Å². The van der Waals surface area contributed by atoms with E-state index in [0.29, 0.717) is 23.1 Å². The van der Waals surface area contributed by atoms with E-state index >= 15 is 0 Å². The lowest BCUT2D eigenvalue weighted by Gasteiger charge is -2.73. The number of quaternary nitrogens is 1. The van der Waals surface area contributed by atoms with E-state index in [1.54, 1.807) is 0 Å². The lowest BCUT2D eigenvalue weighted by Crippen LogP contribution is -3.00. The first-order chi connectivity index (χ1) is 11.4. The van der Waals surface area contributed by atoms with Gasteiger partial charge in [-0.1, -0.05) is 36.9 Å². The van der Waals surface area contributed by atoms with Crippen molar-refractivity contribution in [2.45, 2.75) is 63.8 Å². The highest BCUT2D eigenvalue weighted by Gasteiger charge is 2.79. The van der Waals surface area contributed by atoms with Gasteiger partial charge >= 0.3 is 5.97 Å². The highest BCUT2D eigenvalue weighted by atomic mass is 79.9. The maximum atomic E-state index is 12.5. The van der Waals surface area contributed by atoms with Gasteiger partial charge in [0.15, 0.2) is 0 Å². The Balaban J connectivity index is 0.00000182. The molecule has 1 aromatic rings. The molecular formula is C21H28BrNO2. The Hall–Kier alpha value is -1.13. The van der Waals surface area contributed by atoms with Crippen molar-refractivity contribution in [1.82, 2.24) is 0 Å². The fourth-order valence-electron chi connectivity index (χ4n) is 5.94. The van der Waals surface area contributed by atoms with Crippen molar-refractivity contribution >= 4 is 11.5 Å². The maximum Gasteiger partial charge on any atom is 0.338 e. The predicted molar refractivity (Wildman–Crippen MR) is 95.2 cm³/mol. The predicted octanol–water partition coefficient (Wildman–Crippen LogP) is 0.795. The topological polar surface area (TPSA) is 26.3 Å². The fraction of sp³-hybridized carbons (Fsp3) is 0.571. The number of benzene rings is 1. The van der Waals surface area contributed by atoms with Crippen LogP contribution in [0.1, 0.15) is 45.1 Å². The molecule has 1 heterocycles. The Labute approximate surface area is 161 Å². The zero-order valence-electron chi connectivity index (χ0n) is 15.4. The van der Waals surface area contributed by atoms with Crippen LogP contribution in [0.5, 0.6) is 0 Å². The summed E-state index contributed by atoms with van der Waals surface area (Å²) in [6.45, 7) is 8.61. The SMILES string of the molecule is C=C(C(=O)O[C@H]1C[C@H]2[C@@]3(CCC3[N+]2(C)C(C)C)C1)c1ccccc1.[Br-]. The van der Waals surface area contributed by atoms with E-state index in [1.807, 2.05) is 30.3 Å². The Kier molecular flexibility index (Phi) is 4.66. The molecule has 136 valence electrons. The summed E-state index contributed by atoms with van der Waals surface area (Å²) in [7, 11) is 2.41. The summed E-state index contributed by atoms with van der Waals surface area (Å²) in [5, 5.41) is 0. The molecule has 5 atom stereocenters. The van der Waals surface area contributed by atoms with Gasteiger partial charge in [-0.25, -0.2) is 4.79 Å². The largest absolute Gasteiger partial charge is 1.00 e. The standard InChI is InChI=1S/C21H28NO2.BrH/c1-14(2)22(4)18-10-11-21(18)13-17(12-19(21)22)24-20(23)15(3)16-8-6-5-7-9-16;/h5-9,14,17-19H,3,10-13H2,1-2,4H3;1H/q+1;/p-1/t17-,18?,19-,21-,22?;/m0./s1. The van der Waals surface area contributed by atoms with Gasteiger partial charge in [-0.2, -0.15) is 0 Å². The molecule has 1 aromatic carbocycles. The number of hydrogen-bond donors (Lipinski definition) is 0. The minimum Gasteiger partial charge on any atom is -1.00 e. The normalized spacial score (nSPS) is 37.8. The molecule has 0 radical (unpaired) electrons. The van der Waals surface area contributed by atoms with Crippen LogP contribution in [-0.2, 0) is 9.53 Å². The number of likely N-dealkylation sites (tertiary alicyclic amines) is 1. The lowest BCUT2D eigenvalue weighted by atomic mass is 9.51. The van der Waals surface area contributed by atoms with Crippen LogP contribution >= 0.6 is 0 Å². The first kappa shape index (κ1) is 18.7.